The number of unbranched alkanes of at least 4 members (excludes halogenated alkanes) is 16. The summed E-state index contributed by atoms with van der Waals surface area (Å²) in [5.74, 6) is -0.704. The molecule has 0 rings (SSSR count). The number of carbonyl (C=O) groups is 1. The van der Waals surface area contributed by atoms with Gasteiger partial charge in [0, 0.05) is 13.8 Å². The lowest BCUT2D eigenvalue weighted by molar-refractivity contribution is -0.928. The van der Waals surface area contributed by atoms with E-state index in [-0.39, 0.29) is 0 Å². The molecule has 0 atom stereocenters. The molecule has 0 aromatic rings. The Morgan fingerprint density at radius 1 is 0.643 bits per heavy atom. The van der Waals surface area contributed by atoms with Crippen LogP contribution in [0.25, 0.3) is 0 Å². The third-order valence-corrected chi connectivity index (χ3v) is 6.86. The molecule has 0 fully saturated rings. The molecule has 3 nitrogen and oxygen atoms in total. The van der Waals surface area contributed by atoms with Crippen LogP contribution in [0.1, 0.15) is 130 Å². The molecule has 1 N–H and O–H groups in total. The summed E-state index contributed by atoms with van der Waals surface area (Å²) in [7, 11) is 4.08. The fourth-order valence-corrected chi connectivity index (χ4v) is 3.77. The fraction of sp³-hybridized carbons (Fsp3) is 0.960. The van der Waals surface area contributed by atoms with Gasteiger partial charge < -0.3 is 9.59 Å². The second-order valence-corrected chi connectivity index (χ2v) is 9.93. The molecule has 0 aromatic heterocycles. The van der Waals surface area contributed by atoms with E-state index in [1.807, 2.05) is 27.9 Å². The van der Waals surface area contributed by atoms with Crippen LogP contribution < -0.4 is 0 Å². The molecule has 0 spiro atoms. The summed E-state index contributed by atoms with van der Waals surface area (Å²) in [6.45, 7) is 6.90. The molecule has 0 heterocycles. The van der Waals surface area contributed by atoms with E-state index in [4.69, 9.17) is 0 Å². The number of rotatable bonds is 20. The summed E-state index contributed by atoms with van der Waals surface area (Å²) in [5, 5.41) is 9.40. The zero-order chi connectivity index (χ0) is 21.3. The predicted octanol–water partition coefficient (Wildman–Crippen LogP) is 7.58. The van der Waals surface area contributed by atoms with Gasteiger partial charge in [-0.15, -0.1) is 0 Å². The van der Waals surface area contributed by atoms with Gasteiger partial charge in [0.15, 0.2) is 5.54 Å². The summed E-state index contributed by atoms with van der Waals surface area (Å²) in [5.41, 5.74) is -0.713. The molecule has 0 bridgehead atoms. The van der Waals surface area contributed by atoms with Gasteiger partial charge >= 0.3 is 5.97 Å². The van der Waals surface area contributed by atoms with E-state index in [9.17, 15) is 9.90 Å². The third-order valence-electron chi connectivity index (χ3n) is 6.86. The van der Waals surface area contributed by atoms with Gasteiger partial charge in [-0.3, -0.25) is 0 Å². The van der Waals surface area contributed by atoms with Crippen molar-refractivity contribution in [3.63, 3.8) is 0 Å². The van der Waals surface area contributed by atoms with Gasteiger partial charge in [-0.1, -0.05) is 103 Å². The zero-order valence-corrected chi connectivity index (χ0v) is 20.0. The molecular formula is C25H52NO2+. The first kappa shape index (κ1) is 27.4. The van der Waals surface area contributed by atoms with Crippen molar-refractivity contribution >= 4 is 5.97 Å². The maximum atomic E-state index is 11.4. The Labute approximate surface area is 176 Å². The van der Waals surface area contributed by atoms with E-state index in [1.165, 1.54) is 103 Å². The molecule has 168 valence electrons. The van der Waals surface area contributed by atoms with Gasteiger partial charge in [0.1, 0.15) is 0 Å². The Morgan fingerprint density at radius 3 is 1.21 bits per heavy atom. The maximum Gasteiger partial charge on any atom is 0.365 e. The van der Waals surface area contributed by atoms with Crippen molar-refractivity contribution in [2.24, 2.45) is 0 Å². The number of hydrogen-bond acceptors (Lipinski definition) is 1. The van der Waals surface area contributed by atoms with E-state index >= 15 is 0 Å². The van der Waals surface area contributed by atoms with Gasteiger partial charge in [-0.05, 0) is 12.8 Å². The van der Waals surface area contributed by atoms with Crippen molar-refractivity contribution < 1.29 is 14.4 Å². The van der Waals surface area contributed by atoms with Crippen LogP contribution in [-0.4, -0.2) is 41.7 Å². The SMILES string of the molecule is CCCCCCCCCCCCCCCCCCC[N+](C)(C)C(C)(C)C(=O)O. The first-order valence-electron chi connectivity index (χ1n) is 12.3. The molecule has 0 aliphatic carbocycles. The van der Waals surface area contributed by atoms with Gasteiger partial charge in [0.05, 0.1) is 20.6 Å². The number of aliphatic carboxylic acids is 1. The molecule has 0 saturated carbocycles. The Morgan fingerprint density at radius 2 is 0.929 bits per heavy atom. The highest BCUT2D eigenvalue weighted by Gasteiger charge is 2.43. The highest BCUT2D eigenvalue weighted by molar-refractivity contribution is 5.76. The molecule has 0 amide bonds. The molecule has 0 unspecified atom stereocenters. The largest absolute Gasteiger partial charge is 0.477 e. The van der Waals surface area contributed by atoms with E-state index in [0.717, 1.165) is 13.0 Å². The average Bonchev–Trinajstić information content (AvgIpc) is 2.63. The summed E-state index contributed by atoms with van der Waals surface area (Å²) in [4.78, 5) is 11.4. The van der Waals surface area contributed by atoms with Crippen molar-refractivity contribution in [1.29, 1.82) is 0 Å². The van der Waals surface area contributed by atoms with Crippen LogP contribution in [0.4, 0.5) is 0 Å². The zero-order valence-electron chi connectivity index (χ0n) is 20.0. The molecule has 0 aromatic carbocycles. The van der Waals surface area contributed by atoms with Crippen LogP contribution in [0, 0.1) is 0 Å². The van der Waals surface area contributed by atoms with Crippen LogP contribution >= 0.6 is 0 Å². The predicted molar refractivity (Wildman–Crippen MR) is 123 cm³/mol. The smallest absolute Gasteiger partial charge is 0.365 e. The van der Waals surface area contributed by atoms with E-state index in [2.05, 4.69) is 6.92 Å². The molecule has 28 heavy (non-hydrogen) atoms. The van der Waals surface area contributed by atoms with Gasteiger partial charge in [0.2, 0.25) is 0 Å². The summed E-state index contributed by atoms with van der Waals surface area (Å²) in [6.07, 6.45) is 23.5. The molecule has 0 radical (unpaired) electrons. The van der Waals surface area contributed by atoms with E-state index in [0.29, 0.717) is 4.48 Å². The first-order chi connectivity index (χ1) is 13.3. The third kappa shape index (κ3) is 12.8. The maximum absolute atomic E-state index is 11.4. The number of quaternary nitrogens is 1. The van der Waals surface area contributed by atoms with Crippen LogP contribution in [-0.2, 0) is 4.79 Å². The first-order valence-corrected chi connectivity index (χ1v) is 12.3. The quantitative estimate of drug-likeness (QED) is 0.169. The number of nitrogens with zero attached hydrogens (tertiary/aromatic N) is 1. The number of hydrogen-bond donors (Lipinski definition) is 1. The van der Waals surface area contributed by atoms with Crippen molar-refractivity contribution in [2.75, 3.05) is 20.6 Å². The molecule has 0 aliphatic heterocycles. The summed E-state index contributed by atoms with van der Waals surface area (Å²) >= 11 is 0. The van der Waals surface area contributed by atoms with E-state index < -0.39 is 11.5 Å². The highest BCUT2D eigenvalue weighted by atomic mass is 16.4. The molecule has 0 aliphatic rings. The monoisotopic (exact) mass is 398 g/mol. The second kappa shape index (κ2) is 16.3. The number of likely N-dealkylation sites (N-methyl/N-ethyl adjacent to an activating group) is 1. The van der Waals surface area contributed by atoms with Gasteiger partial charge in [-0.2, -0.15) is 0 Å². The Hall–Kier alpha value is -0.570. The standard InChI is InChI=1S/C25H51NO2/c1-6-7-8-9-10-11-12-13-14-15-16-17-18-19-20-21-22-23-26(4,5)25(2,3)24(27)28/h6-23H2,1-5H3/p+1. The Kier molecular flexibility index (Phi) is 15.9. The topological polar surface area (TPSA) is 37.3 Å². The highest BCUT2D eigenvalue weighted by Crippen LogP contribution is 2.22. The van der Waals surface area contributed by atoms with Crippen molar-refractivity contribution in [2.45, 2.75) is 135 Å². The number of carboxylic acids is 1. The van der Waals surface area contributed by atoms with Crippen molar-refractivity contribution in [3.8, 4) is 0 Å². The van der Waals surface area contributed by atoms with Crippen LogP contribution in [0.15, 0.2) is 0 Å². The van der Waals surface area contributed by atoms with Crippen LogP contribution in [0.2, 0.25) is 0 Å². The Bertz CT molecular complexity index is 377. The lowest BCUT2D eigenvalue weighted by Gasteiger charge is -2.41. The minimum absolute atomic E-state index is 0.557. The van der Waals surface area contributed by atoms with Crippen LogP contribution in [0.5, 0.6) is 0 Å². The van der Waals surface area contributed by atoms with E-state index in [1.54, 1.807) is 0 Å². The summed E-state index contributed by atoms with van der Waals surface area (Å²) < 4.78 is 0.557. The molecule has 3 heteroatoms. The normalized spacial score (nSPS) is 12.5. The fourth-order valence-electron chi connectivity index (χ4n) is 3.77. The lowest BCUT2D eigenvalue weighted by Crippen LogP contribution is -2.60. The average molecular weight is 399 g/mol. The molecule has 0 saturated heterocycles. The molecular weight excluding hydrogens is 346 g/mol. The minimum atomic E-state index is -0.713. The lowest BCUT2D eigenvalue weighted by atomic mass is 9.99. The minimum Gasteiger partial charge on any atom is -0.477 e. The van der Waals surface area contributed by atoms with Crippen molar-refractivity contribution in [1.82, 2.24) is 0 Å². The second-order valence-electron chi connectivity index (χ2n) is 9.93. The Balaban J connectivity index is 3.37. The van der Waals surface area contributed by atoms with Gasteiger partial charge in [0.25, 0.3) is 0 Å². The number of carboxylic acid groups (broad SMARTS) is 1. The van der Waals surface area contributed by atoms with Crippen molar-refractivity contribution in [3.05, 3.63) is 0 Å². The van der Waals surface area contributed by atoms with Crippen LogP contribution in [0.3, 0.4) is 0 Å². The summed E-state index contributed by atoms with van der Waals surface area (Å²) in [6, 6.07) is 0. The van der Waals surface area contributed by atoms with Gasteiger partial charge in [-0.25, -0.2) is 4.79 Å².